The number of nitrogens with one attached hydrogen (secondary N) is 1. The zero-order valence-corrected chi connectivity index (χ0v) is 14.9. The molecule has 0 unspecified atom stereocenters. The molecule has 8 heteroatoms. The van der Waals surface area contributed by atoms with Crippen molar-refractivity contribution < 1.29 is 9.85 Å². The van der Waals surface area contributed by atoms with Crippen molar-refractivity contribution in [1.82, 2.24) is 0 Å². The first-order chi connectivity index (χ1) is 13.5. The van der Waals surface area contributed by atoms with Gasteiger partial charge in [-0.05, 0) is 29.7 Å². The molecule has 3 rings (SSSR count). The van der Waals surface area contributed by atoms with E-state index in [1.807, 2.05) is 54.6 Å². The van der Waals surface area contributed by atoms with Crippen LogP contribution in [0.25, 0.3) is 11.1 Å². The Morgan fingerprint density at radius 3 is 2.11 bits per heavy atom. The van der Waals surface area contributed by atoms with Gasteiger partial charge in [0, 0.05) is 6.07 Å². The zero-order valence-electron chi connectivity index (χ0n) is 14.9. The van der Waals surface area contributed by atoms with Crippen LogP contribution in [0.5, 0.6) is 0 Å². The molecule has 0 aliphatic carbocycles. The number of nitro groups is 2. The van der Waals surface area contributed by atoms with E-state index < -0.39 is 15.5 Å². The van der Waals surface area contributed by atoms with Gasteiger partial charge in [-0.1, -0.05) is 54.6 Å². The molecule has 0 amide bonds. The van der Waals surface area contributed by atoms with E-state index in [1.54, 1.807) is 6.92 Å². The fraction of sp³-hybridized carbons (Fsp3) is 0.0500. The van der Waals surface area contributed by atoms with Crippen molar-refractivity contribution in [2.45, 2.75) is 6.92 Å². The van der Waals surface area contributed by atoms with E-state index in [0.29, 0.717) is 5.71 Å². The monoisotopic (exact) mass is 376 g/mol. The number of benzene rings is 3. The Hall–Kier alpha value is -4.07. The van der Waals surface area contributed by atoms with Gasteiger partial charge in [0.15, 0.2) is 0 Å². The third-order valence-corrected chi connectivity index (χ3v) is 4.14. The van der Waals surface area contributed by atoms with Crippen molar-refractivity contribution in [3.05, 3.63) is 98.6 Å². The minimum absolute atomic E-state index is 0.0795. The van der Waals surface area contributed by atoms with E-state index in [2.05, 4.69) is 10.5 Å². The van der Waals surface area contributed by atoms with Crippen molar-refractivity contribution in [1.29, 1.82) is 0 Å². The molecule has 0 fully saturated rings. The fourth-order valence-corrected chi connectivity index (χ4v) is 2.62. The summed E-state index contributed by atoms with van der Waals surface area (Å²) in [6.07, 6.45) is 0. The summed E-state index contributed by atoms with van der Waals surface area (Å²) in [7, 11) is 0. The minimum Gasteiger partial charge on any atom is -0.271 e. The minimum atomic E-state index is -0.686. The van der Waals surface area contributed by atoms with Crippen LogP contribution in [0.1, 0.15) is 12.5 Å². The normalized spacial score (nSPS) is 11.1. The molecule has 28 heavy (non-hydrogen) atoms. The molecule has 0 aromatic heterocycles. The summed E-state index contributed by atoms with van der Waals surface area (Å²) in [4.78, 5) is 20.6. The molecule has 3 aromatic carbocycles. The summed E-state index contributed by atoms with van der Waals surface area (Å²) in [5.74, 6) is 0. The molecule has 8 nitrogen and oxygen atoms in total. The summed E-state index contributed by atoms with van der Waals surface area (Å²) in [5, 5.41) is 26.2. The Morgan fingerprint density at radius 1 is 0.857 bits per heavy atom. The lowest BCUT2D eigenvalue weighted by atomic mass is 10.0. The number of hydrazone groups is 1. The molecule has 1 N–H and O–H groups in total. The molecule has 0 aliphatic heterocycles. The molecule has 0 spiro atoms. The highest BCUT2D eigenvalue weighted by molar-refractivity contribution is 5.99. The van der Waals surface area contributed by atoms with Crippen LogP contribution in [0.2, 0.25) is 0 Å². The Balaban J connectivity index is 1.81. The zero-order chi connectivity index (χ0) is 20.1. The average Bonchev–Trinajstić information content (AvgIpc) is 2.72. The lowest BCUT2D eigenvalue weighted by molar-refractivity contribution is -0.393. The second kappa shape index (κ2) is 8.09. The molecule has 3 aromatic rings. The summed E-state index contributed by atoms with van der Waals surface area (Å²) in [5.41, 5.74) is 5.57. The van der Waals surface area contributed by atoms with Crippen LogP contribution in [-0.4, -0.2) is 15.6 Å². The Kier molecular flexibility index (Phi) is 5.40. The first-order valence-electron chi connectivity index (χ1n) is 8.34. The standard InChI is InChI=1S/C20H16N4O4/c1-14(15-7-9-17(10-8-15)16-5-3-2-4-6-16)21-22-19-12-11-18(23(25)26)13-20(19)24(27)28/h2-13,22H,1H3/b21-14-. The topological polar surface area (TPSA) is 111 Å². The van der Waals surface area contributed by atoms with Crippen LogP contribution < -0.4 is 5.43 Å². The third kappa shape index (κ3) is 4.18. The smallest absolute Gasteiger partial charge is 0.271 e. The van der Waals surface area contributed by atoms with Crippen LogP contribution >= 0.6 is 0 Å². The van der Waals surface area contributed by atoms with E-state index >= 15 is 0 Å². The molecule has 0 atom stereocenters. The van der Waals surface area contributed by atoms with E-state index in [0.717, 1.165) is 22.8 Å². The molecular weight excluding hydrogens is 360 g/mol. The van der Waals surface area contributed by atoms with Crippen LogP contribution in [0, 0.1) is 20.2 Å². The Bertz CT molecular complexity index is 1050. The lowest BCUT2D eigenvalue weighted by Gasteiger charge is -2.06. The number of rotatable bonds is 6. The molecule has 0 aliphatic rings. The van der Waals surface area contributed by atoms with Crippen molar-refractivity contribution in [2.75, 3.05) is 5.43 Å². The number of hydrogen-bond donors (Lipinski definition) is 1. The fourth-order valence-electron chi connectivity index (χ4n) is 2.62. The van der Waals surface area contributed by atoms with Crippen molar-refractivity contribution >= 4 is 22.8 Å². The van der Waals surface area contributed by atoms with Crippen LogP contribution in [0.15, 0.2) is 77.9 Å². The molecule has 0 heterocycles. The van der Waals surface area contributed by atoms with Crippen LogP contribution in [-0.2, 0) is 0 Å². The van der Waals surface area contributed by atoms with Gasteiger partial charge in [0.1, 0.15) is 5.69 Å². The highest BCUT2D eigenvalue weighted by Crippen LogP contribution is 2.29. The predicted molar refractivity (Wildman–Crippen MR) is 107 cm³/mol. The molecule has 140 valence electrons. The Morgan fingerprint density at radius 2 is 1.50 bits per heavy atom. The van der Waals surface area contributed by atoms with Gasteiger partial charge in [-0.3, -0.25) is 25.7 Å². The SMILES string of the molecule is C/C(=N/Nc1ccc([N+](=O)[O-])cc1[N+](=O)[O-])c1ccc(-c2ccccc2)cc1. The van der Waals surface area contributed by atoms with E-state index in [9.17, 15) is 20.2 Å². The summed E-state index contributed by atoms with van der Waals surface area (Å²) in [6.45, 7) is 1.77. The van der Waals surface area contributed by atoms with Gasteiger partial charge in [-0.15, -0.1) is 0 Å². The van der Waals surface area contributed by atoms with E-state index in [-0.39, 0.29) is 11.4 Å². The number of nitrogens with zero attached hydrogens (tertiary/aromatic N) is 3. The summed E-state index contributed by atoms with van der Waals surface area (Å²) >= 11 is 0. The average molecular weight is 376 g/mol. The largest absolute Gasteiger partial charge is 0.301 e. The van der Waals surface area contributed by atoms with Crippen molar-refractivity contribution in [3.8, 4) is 11.1 Å². The van der Waals surface area contributed by atoms with E-state index in [4.69, 9.17) is 0 Å². The maximum atomic E-state index is 11.2. The van der Waals surface area contributed by atoms with E-state index in [1.165, 1.54) is 12.1 Å². The first-order valence-corrected chi connectivity index (χ1v) is 8.34. The maximum Gasteiger partial charge on any atom is 0.301 e. The number of anilines is 1. The van der Waals surface area contributed by atoms with Crippen molar-refractivity contribution in [2.24, 2.45) is 5.10 Å². The van der Waals surface area contributed by atoms with Gasteiger partial charge in [-0.25, -0.2) is 0 Å². The van der Waals surface area contributed by atoms with Gasteiger partial charge in [0.2, 0.25) is 0 Å². The second-order valence-electron chi connectivity index (χ2n) is 5.97. The van der Waals surface area contributed by atoms with Gasteiger partial charge >= 0.3 is 5.69 Å². The Labute approximate surface area is 160 Å². The highest BCUT2D eigenvalue weighted by atomic mass is 16.6. The molecule has 0 radical (unpaired) electrons. The van der Waals surface area contributed by atoms with Gasteiger partial charge in [0.05, 0.1) is 21.6 Å². The lowest BCUT2D eigenvalue weighted by Crippen LogP contribution is -2.02. The maximum absolute atomic E-state index is 11.2. The molecular formula is C20H16N4O4. The molecule has 0 bridgehead atoms. The predicted octanol–water partition coefficient (Wildman–Crippen LogP) is 5.01. The summed E-state index contributed by atoms with van der Waals surface area (Å²) < 4.78 is 0. The number of non-ortho nitro benzene ring substituents is 1. The number of nitro benzene ring substituents is 2. The summed E-state index contributed by atoms with van der Waals surface area (Å²) in [6, 6.07) is 21.1. The van der Waals surface area contributed by atoms with Crippen LogP contribution in [0.4, 0.5) is 17.1 Å². The van der Waals surface area contributed by atoms with Gasteiger partial charge < -0.3 is 0 Å². The van der Waals surface area contributed by atoms with Gasteiger partial charge in [-0.2, -0.15) is 5.10 Å². The third-order valence-electron chi connectivity index (χ3n) is 4.14. The highest BCUT2D eigenvalue weighted by Gasteiger charge is 2.19. The van der Waals surface area contributed by atoms with Crippen molar-refractivity contribution in [3.63, 3.8) is 0 Å². The molecule has 0 saturated carbocycles. The second-order valence-corrected chi connectivity index (χ2v) is 5.97. The van der Waals surface area contributed by atoms with Gasteiger partial charge in [0.25, 0.3) is 5.69 Å². The number of hydrogen-bond acceptors (Lipinski definition) is 6. The first kappa shape index (κ1) is 18.7. The quantitative estimate of drug-likeness (QED) is 0.369. The van der Waals surface area contributed by atoms with Crippen LogP contribution in [0.3, 0.4) is 0 Å². The molecule has 0 saturated heterocycles.